The first-order valence-corrected chi connectivity index (χ1v) is 9.95. The molecule has 4 rings (SSSR count). The van der Waals surface area contributed by atoms with E-state index in [0.717, 1.165) is 41.7 Å². The average molecular weight is 426 g/mol. The van der Waals surface area contributed by atoms with Crippen LogP contribution in [0, 0.1) is 0 Å². The lowest BCUT2D eigenvalue weighted by Gasteiger charge is -2.32. The standard InChI is InChI=1S/C19H22ClF2N5O2/c1-26-18(19(21)22)14(24-25-26)10-29-15-5-4-12(20)11-6-7-23-13(17(11)15)9-27-8-2-3-16(27)28/h4-5,13,19,23H,2-3,6-10H2,1H3. The Kier molecular flexibility index (Phi) is 5.69. The predicted octanol–water partition coefficient (Wildman–Crippen LogP) is 2.79. The summed E-state index contributed by atoms with van der Waals surface area (Å²) in [7, 11) is 1.43. The zero-order valence-corrected chi connectivity index (χ0v) is 16.8. The van der Waals surface area contributed by atoms with Gasteiger partial charge >= 0.3 is 0 Å². The number of carbonyl (C=O) groups excluding carboxylic acids is 1. The van der Waals surface area contributed by atoms with Crippen LogP contribution in [-0.4, -0.2) is 45.4 Å². The Morgan fingerprint density at radius 2 is 2.21 bits per heavy atom. The fourth-order valence-corrected chi connectivity index (χ4v) is 4.31. The number of nitrogens with one attached hydrogen (secondary N) is 1. The van der Waals surface area contributed by atoms with Crippen LogP contribution >= 0.6 is 11.6 Å². The van der Waals surface area contributed by atoms with E-state index in [2.05, 4.69) is 15.6 Å². The molecule has 0 saturated carbocycles. The summed E-state index contributed by atoms with van der Waals surface area (Å²) in [6.07, 6.45) is -0.533. The number of nitrogens with zero attached hydrogens (tertiary/aromatic N) is 4. The summed E-state index contributed by atoms with van der Waals surface area (Å²) in [6, 6.07) is 3.36. The van der Waals surface area contributed by atoms with Crippen molar-refractivity contribution in [3.8, 4) is 5.75 Å². The molecular weight excluding hydrogens is 404 g/mol. The van der Waals surface area contributed by atoms with Gasteiger partial charge in [0.1, 0.15) is 23.7 Å². The minimum absolute atomic E-state index is 0.0984. The summed E-state index contributed by atoms with van der Waals surface area (Å²) >= 11 is 6.42. The number of carbonyl (C=O) groups is 1. The smallest absolute Gasteiger partial charge is 0.282 e. The van der Waals surface area contributed by atoms with Crippen LogP contribution in [0.15, 0.2) is 12.1 Å². The van der Waals surface area contributed by atoms with E-state index in [0.29, 0.717) is 23.7 Å². The van der Waals surface area contributed by atoms with Crippen LogP contribution in [-0.2, 0) is 24.9 Å². The molecule has 2 aliphatic rings. The number of fused-ring (bicyclic) bond motifs is 1. The zero-order chi connectivity index (χ0) is 20.5. The first-order valence-electron chi connectivity index (χ1n) is 9.57. The van der Waals surface area contributed by atoms with Crippen LogP contribution in [0.25, 0.3) is 0 Å². The second kappa shape index (κ2) is 8.23. The average Bonchev–Trinajstić information content (AvgIpc) is 3.27. The maximum atomic E-state index is 13.3. The topological polar surface area (TPSA) is 72.3 Å². The Hall–Kier alpha value is -2.26. The molecule has 2 aromatic rings. The maximum Gasteiger partial charge on any atom is 0.282 e. The molecule has 7 nitrogen and oxygen atoms in total. The van der Waals surface area contributed by atoms with Gasteiger partial charge in [-0.3, -0.25) is 4.79 Å². The van der Waals surface area contributed by atoms with Crippen molar-refractivity contribution in [2.24, 2.45) is 7.05 Å². The van der Waals surface area contributed by atoms with Gasteiger partial charge in [0.25, 0.3) is 6.43 Å². The van der Waals surface area contributed by atoms with Crippen LogP contribution in [0.2, 0.25) is 5.02 Å². The van der Waals surface area contributed by atoms with Gasteiger partial charge in [0.15, 0.2) is 0 Å². The highest BCUT2D eigenvalue weighted by atomic mass is 35.5. The number of aromatic nitrogens is 3. The highest BCUT2D eigenvalue weighted by Gasteiger charge is 2.31. The highest BCUT2D eigenvalue weighted by Crippen LogP contribution is 2.37. The van der Waals surface area contributed by atoms with Crippen molar-refractivity contribution in [3.05, 3.63) is 39.7 Å². The number of hydrogen-bond donors (Lipinski definition) is 1. The number of likely N-dealkylation sites (tertiary alicyclic amines) is 1. The number of amides is 1. The molecule has 2 aliphatic heterocycles. The fourth-order valence-electron chi connectivity index (χ4n) is 4.05. The van der Waals surface area contributed by atoms with Crippen LogP contribution < -0.4 is 10.1 Å². The molecule has 0 aliphatic carbocycles. The van der Waals surface area contributed by atoms with Crippen molar-refractivity contribution in [1.82, 2.24) is 25.2 Å². The summed E-state index contributed by atoms with van der Waals surface area (Å²) in [5, 5.41) is 11.6. The van der Waals surface area contributed by atoms with E-state index in [1.807, 2.05) is 4.90 Å². The lowest BCUT2D eigenvalue weighted by Crippen LogP contribution is -2.39. The van der Waals surface area contributed by atoms with Crippen LogP contribution in [0.4, 0.5) is 8.78 Å². The van der Waals surface area contributed by atoms with Crippen molar-refractivity contribution >= 4 is 17.5 Å². The number of halogens is 3. The van der Waals surface area contributed by atoms with Gasteiger partial charge < -0.3 is 15.0 Å². The third kappa shape index (κ3) is 3.93. The first-order chi connectivity index (χ1) is 14.0. The third-order valence-corrected chi connectivity index (χ3v) is 5.82. The Morgan fingerprint density at radius 1 is 1.38 bits per heavy atom. The van der Waals surface area contributed by atoms with Gasteiger partial charge in [-0.15, -0.1) is 5.10 Å². The minimum atomic E-state index is -2.69. The quantitative estimate of drug-likeness (QED) is 0.770. The fraction of sp³-hybridized carbons (Fsp3) is 0.526. The van der Waals surface area contributed by atoms with Crippen LogP contribution in [0.1, 0.15) is 47.8 Å². The number of hydrogen-bond acceptors (Lipinski definition) is 5. The molecule has 0 spiro atoms. The molecule has 1 aromatic heterocycles. The molecule has 1 N–H and O–H groups in total. The Labute approximate surface area is 172 Å². The van der Waals surface area contributed by atoms with E-state index in [-0.39, 0.29) is 29.9 Å². The summed E-state index contributed by atoms with van der Waals surface area (Å²) in [6.45, 7) is 1.87. The largest absolute Gasteiger partial charge is 0.487 e. The number of ether oxygens (including phenoxy) is 1. The molecule has 10 heteroatoms. The molecule has 1 unspecified atom stereocenters. The highest BCUT2D eigenvalue weighted by molar-refractivity contribution is 6.31. The molecule has 3 heterocycles. The van der Waals surface area contributed by atoms with E-state index in [1.54, 1.807) is 12.1 Å². The predicted molar refractivity (Wildman–Crippen MR) is 102 cm³/mol. The Bertz CT molecular complexity index is 920. The lowest BCUT2D eigenvalue weighted by atomic mass is 9.92. The van der Waals surface area contributed by atoms with E-state index >= 15 is 0 Å². The molecule has 1 fully saturated rings. The van der Waals surface area contributed by atoms with Gasteiger partial charge in [-0.1, -0.05) is 16.8 Å². The van der Waals surface area contributed by atoms with Crippen molar-refractivity contribution in [2.75, 3.05) is 19.6 Å². The van der Waals surface area contributed by atoms with E-state index in [9.17, 15) is 13.6 Å². The van der Waals surface area contributed by atoms with Crippen molar-refractivity contribution < 1.29 is 18.3 Å². The number of alkyl halides is 2. The van der Waals surface area contributed by atoms with Gasteiger partial charge in [-0.25, -0.2) is 13.5 Å². The summed E-state index contributed by atoms with van der Waals surface area (Å²) < 4.78 is 33.5. The van der Waals surface area contributed by atoms with Crippen LogP contribution in [0.5, 0.6) is 5.75 Å². The summed E-state index contributed by atoms with van der Waals surface area (Å²) in [5.74, 6) is 0.698. The number of rotatable bonds is 6. The molecule has 1 aromatic carbocycles. The summed E-state index contributed by atoms with van der Waals surface area (Å²) in [5.41, 5.74) is 1.69. The molecule has 0 bridgehead atoms. The minimum Gasteiger partial charge on any atom is -0.487 e. The monoisotopic (exact) mass is 425 g/mol. The second-order valence-electron chi connectivity index (χ2n) is 7.27. The Balaban J connectivity index is 1.60. The SMILES string of the molecule is Cn1nnc(COc2ccc(Cl)c3c2C(CN2CCCC2=O)NCC3)c1C(F)F. The molecule has 1 atom stereocenters. The third-order valence-electron chi connectivity index (χ3n) is 5.46. The normalized spacial score (nSPS) is 19.1. The number of benzene rings is 1. The van der Waals surface area contributed by atoms with Gasteiger partial charge in [0, 0.05) is 37.1 Å². The molecule has 0 radical (unpaired) electrons. The zero-order valence-electron chi connectivity index (χ0n) is 16.0. The van der Waals surface area contributed by atoms with Crippen LogP contribution in [0.3, 0.4) is 0 Å². The number of aryl methyl sites for hydroxylation is 1. The summed E-state index contributed by atoms with van der Waals surface area (Å²) in [4.78, 5) is 13.9. The van der Waals surface area contributed by atoms with E-state index in [4.69, 9.17) is 16.3 Å². The van der Waals surface area contributed by atoms with Gasteiger partial charge in [0.2, 0.25) is 5.91 Å². The van der Waals surface area contributed by atoms with Crippen molar-refractivity contribution in [3.63, 3.8) is 0 Å². The molecule has 29 heavy (non-hydrogen) atoms. The van der Waals surface area contributed by atoms with Crippen molar-refractivity contribution in [2.45, 2.75) is 38.3 Å². The lowest BCUT2D eigenvalue weighted by molar-refractivity contribution is -0.128. The molecular formula is C19H22ClF2N5O2. The van der Waals surface area contributed by atoms with E-state index in [1.165, 1.54) is 7.05 Å². The van der Waals surface area contributed by atoms with Gasteiger partial charge in [0.05, 0.1) is 6.04 Å². The maximum absolute atomic E-state index is 13.3. The first kappa shape index (κ1) is 20.0. The van der Waals surface area contributed by atoms with Gasteiger partial charge in [-0.05, 0) is 37.1 Å². The Morgan fingerprint density at radius 3 is 2.93 bits per heavy atom. The molecule has 156 valence electrons. The van der Waals surface area contributed by atoms with Gasteiger partial charge in [-0.2, -0.15) is 0 Å². The van der Waals surface area contributed by atoms with E-state index < -0.39 is 6.43 Å². The molecule has 1 amide bonds. The van der Waals surface area contributed by atoms with Crippen molar-refractivity contribution in [1.29, 1.82) is 0 Å². The second-order valence-corrected chi connectivity index (χ2v) is 7.68. The molecule has 1 saturated heterocycles.